The Hall–Kier alpha value is -2.62. The molecule has 0 N–H and O–H groups in total. The maximum atomic E-state index is 10.6. The van der Waals surface area contributed by atoms with Gasteiger partial charge in [-0.1, -0.05) is 18.7 Å². The van der Waals surface area contributed by atoms with E-state index in [0.717, 1.165) is 22.4 Å². The molecule has 0 atom stereocenters. The Morgan fingerprint density at radius 1 is 1.05 bits per heavy atom. The van der Waals surface area contributed by atoms with Gasteiger partial charge in [-0.25, -0.2) is 0 Å². The Morgan fingerprint density at radius 3 is 1.95 bits per heavy atom. The third-order valence-electron chi connectivity index (χ3n) is 2.87. The van der Waals surface area contributed by atoms with Crippen LogP contribution < -0.4 is 4.74 Å². The molecule has 2 aromatic rings. The summed E-state index contributed by atoms with van der Waals surface area (Å²) in [6.07, 6.45) is 0. The Bertz CT molecular complexity index is 600. The number of benzene rings is 2. The van der Waals surface area contributed by atoms with Crippen molar-refractivity contribution in [1.29, 1.82) is 0 Å². The van der Waals surface area contributed by atoms with Crippen molar-refractivity contribution in [3.05, 3.63) is 76.4 Å². The zero-order valence-corrected chi connectivity index (χ0v) is 10.5. The van der Waals surface area contributed by atoms with Gasteiger partial charge in [-0.3, -0.25) is 10.1 Å². The van der Waals surface area contributed by atoms with Gasteiger partial charge in [0.05, 0.1) is 12.0 Å². The number of hydrogen-bond acceptors (Lipinski definition) is 3. The summed E-state index contributed by atoms with van der Waals surface area (Å²) in [4.78, 5) is 10.2. The number of non-ortho nitro benzene ring substituents is 1. The lowest BCUT2D eigenvalue weighted by atomic mass is 9.99. The summed E-state index contributed by atoms with van der Waals surface area (Å²) >= 11 is 0. The molecular weight excluding hydrogens is 242 g/mol. The summed E-state index contributed by atoms with van der Waals surface area (Å²) < 4.78 is 5.09. The second kappa shape index (κ2) is 5.35. The van der Waals surface area contributed by atoms with Gasteiger partial charge in [-0.05, 0) is 41.0 Å². The minimum Gasteiger partial charge on any atom is -0.497 e. The molecule has 4 nitrogen and oxygen atoms in total. The van der Waals surface area contributed by atoms with E-state index in [-0.39, 0.29) is 5.69 Å². The highest BCUT2D eigenvalue weighted by atomic mass is 16.6. The predicted octanol–water partition coefficient (Wildman–Crippen LogP) is 3.66. The lowest BCUT2D eigenvalue weighted by molar-refractivity contribution is -0.384. The molecule has 0 aliphatic rings. The minimum atomic E-state index is -0.417. The molecular formula is C15H13NO3. The molecule has 0 unspecified atom stereocenters. The van der Waals surface area contributed by atoms with E-state index in [4.69, 9.17) is 4.74 Å². The summed E-state index contributed by atoms with van der Waals surface area (Å²) in [5.41, 5.74) is 2.70. The van der Waals surface area contributed by atoms with Crippen LogP contribution in [0.5, 0.6) is 5.75 Å². The van der Waals surface area contributed by atoms with Crippen LogP contribution in [0.2, 0.25) is 0 Å². The number of nitro groups is 1. The third-order valence-corrected chi connectivity index (χ3v) is 2.87. The first kappa shape index (κ1) is 12.8. The molecule has 2 aromatic carbocycles. The molecule has 0 aliphatic carbocycles. The fraction of sp³-hybridized carbons (Fsp3) is 0.0667. The monoisotopic (exact) mass is 255 g/mol. The van der Waals surface area contributed by atoms with Crippen molar-refractivity contribution in [2.75, 3.05) is 7.11 Å². The molecule has 0 aliphatic heterocycles. The molecule has 0 aromatic heterocycles. The van der Waals surface area contributed by atoms with Crippen LogP contribution in [0.25, 0.3) is 5.57 Å². The first-order valence-electron chi connectivity index (χ1n) is 5.70. The minimum absolute atomic E-state index is 0.0753. The SMILES string of the molecule is C=C(c1ccc(OC)cc1)c1ccc([N+](=O)[O-])cc1. The van der Waals surface area contributed by atoms with Gasteiger partial charge in [0, 0.05) is 12.1 Å². The van der Waals surface area contributed by atoms with Gasteiger partial charge in [-0.15, -0.1) is 0 Å². The Labute approximate surface area is 111 Å². The molecule has 0 amide bonds. The second-order valence-corrected chi connectivity index (χ2v) is 4.01. The molecule has 19 heavy (non-hydrogen) atoms. The van der Waals surface area contributed by atoms with Crippen molar-refractivity contribution in [2.45, 2.75) is 0 Å². The fourth-order valence-electron chi connectivity index (χ4n) is 1.74. The molecule has 0 saturated heterocycles. The fourth-order valence-corrected chi connectivity index (χ4v) is 1.74. The average molecular weight is 255 g/mol. The van der Waals surface area contributed by atoms with E-state index in [1.54, 1.807) is 19.2 Å². The van der Waals surface area contributed by atoms with E-state index in [9.17, 15) is 10.1 Å². The van der Waals surface area contributed by atoms with Crippen LogP contribution in [-0.4, -0.2) is 12.0 Å². The highest BCUT2D eigenvalue weighted by molar-refractivity contribution is 5.78. The van der Waals surface area contributed by atoms with E-state index in [0.29, 0.717) is 0 Å². The van der Waals surface area contributed by atoms with Crippen molar-refractivity contribution in [3.8, 4) is 5.75 Å². The van der Waals surface area contributed by atoms with Crippen LogP contribution in [0.1, 0.15) is 11.1 Å². The number of nitrogens with zero attached hydrogens (tertiary/aromatic N) is 1. The molecule has 4 heteroatoms. The Kier molecular flexibility index (Phi) is 3.61. The number of methoxy groups -OCH3 is 1. The standard InChI is InChI=1S/C15H13NO3/c1-11(13-5-9-15(19-2)10-6-13)12-3-7-14(8-4-12)16(17)18/h3-10H,1H2,2H3. The van der Waals surface area contributed by atoms with Gasteiger partial charge in [-0.2, -0.15) is 0 Å². The van der Waals surface area contributed by atoms with Crippen LogP contribution in [0.4, 0.5) is 5.69 Å². The van der Waals surface area contributed by atoms with Crippen molar-refractivity contribution < 1.29 is 9.66 Å². The predicted molar refractivity (Wildman–Crippen MR) is 74.2 cm³/mol. The number of ether oxygens (including phenoxy) is 1. The molecule has 0 fully saturated rings. The first-order valence-corrected chi connectivity index (χ1v) is 5.70. The van der Waals surface area contributed by atoms with E-state index < -0.39 is 4.92 Å². The lowest BCUT2D eigenvalue weighted by Gasteiger charge is -2.07. The molecule has 2 rings (SSSR count). The Morgan fingerprint density at radius 2 is 1.53 bits per heavy atom. The summed E-state index contributed by atoms with van der Waals surface area (Å²) in [5, 5.41) is 10.6. The second-order valence-electron chi connectivity index (χ2n) is 4.01. The van der Waals surface area contributed by atoms with Crippen molar-refractivity contribution in [3.63, 3.8) is 0 Å². The highest BCUT2D eigenvalue weighted by Gasteiger charge is 2.07. The van der Waals surface area contributed by atoms with E-state index in [1.807, 2.05) is 24.3 Å². The number of hydrogen-bond donors (Lipinski definition) is 0. The highest BCUT2D eigenvalue weighted by Crippen LogP contribution is 2.25. The van der Waals surface area contributed by atoms with E-state index >= 15 is 0 Å². The Balaban J connectivity index is 2.25. The lowest BCUT2D eigenvalue weighted by Crippen LogP contribution is -1.90. The molecule has 0 heterocycles. The van der Waals surface area contributed by atoms with Gasteiger partial charge in [0.25, 0.3) is 5.69 Å². The maximum Gasteiger partial charge on any atom is 0.269 e. The number of rotatable bonds is 4. The summed E-state index contributed by atoms with van der Waals surface area (Å²) in [6, 6.07) is 13.9. The van der Waals surface area contributed by atoms with Crippen LogP contribution in [0.15, 0.2) is 55.1 Å². The normalized spacial score (nSPS) is 9.95. The van der Waals surface area contributed by atoms with Crippen molar-refractivity contribution in [2.24, 2.45) is 0 Å². The van der Waals surface area contributed by atoms with Crippen LogP contribution in [-0.2, 0) is 0 Å². The third kappa shape index (κ3) is 2.80. The molecule has 0 radical (unpaired) electrons. The van der Waals surface area contributed by atoms with Crippen molar-refractivity contribution >= 4 is 11.3 Å². The number of nitro benzene ring substituents is 1. The molecule has 0 spiro atoms. The summed E-state index contributed by atoms with van der Waals surface area (Å²) in [6.45, 7) is 4.01. The van der Waals surface area contributed by atoms with Crippen molar-refractivity contribution in [1.82, 2.24) is 0 Å². The van der Waals surface area contributed by atoms with Crippen LogP contribution in [0, 0.1) is 10.1 Å². The average Bonchev–Trinajstić information content (AvgIpc) is 2.46. The van der Waals surface area contributed by atoms with Gasteiger partial charge in [0.15, 0.2) is 0 Å². The summed E-state index contributed by atoms with van der Waals surface area (Å²) in [7, 11) is 1.61. The van der Waals surface area contributed by atoms with Crippen LogP contribution >= 0.6 is 0 Å². The summed E-state index contributed by atoms with van der Waals surface area (Å²) in [5.74, 6) is 0.778. The topological polar surface area (TPSA) is 52.4 Å². The van der Waals surface area contributed by atoms with Gasteiger partial charge >= 0.3 is 0 Å². The first-order chi connectivity index (χ1) is 9.11. The molecule has 0 saturated carbocycles. The van der Waals surface area contributed by atoms with Gasteiger partial charge in [0.2, 0.25) is 0 Å². The van der Waals surface area contributed by atoms with Gasteiger partial charge < -0.3 is 4.74 Å². The maximum absolute atomic E-state index is 10.6. The zero-order valence-electron chi connectivity index (χ0n) is 10.5. The largest absolute Gasteiger partial charge is 0.497 e. The van der Waals surface area contributed by atoms with E-state index in [1.165, 1.54) is 12.1 Å². The zero-order chi connectivity index (χ0) is 13.8. The smallest absolute Gasteiger partial charge is 0.269 e. The molecule has 96 valence electrons. The van der Waals surface area contributed by atoms with E-state index in [2.05, 4.69) is 6.58 Å². The van der Waals surface area contributed by atoms with Crippen LogP contribution in [0.3, 0.4) is 0 Å². The molecule has 0 bridgehead atoms. The van der Waals surface area contributed by atoms with Gasteiger partial charge in [0.1, 0.15) is 5.75 Å². The quantitative estimate of drug-likeness (QED) is 0.618.